The predicted molar refractivity (Wildman–Crippen MR) is 67.1 cm³/mol. The molecule has 0 spiro atoms. The maximum Gasteiger partial charge on any atom is 0.606 e. The van der Waals surface area contributed by atoms with Crippen LogP contribution in [0.1, 0.15) is 0 Å². The number of benzene rings is 1. The van der Waals surface area contributed by atoms with Gasteiger partial charge in [-0.1, -0.05) is 12.1 Å². The number of rotatable bonds is 0. The van der Waals surface area contributed by atoms with Gasteiger partial charge in [-0.15, -0.1) is 0 Å². The second kappa shape index (κ2) is 5.51. The fraction of sp³-hybridized carbons (Fsp3) is 0. The zero-order valence-corrected chi connectivity index (χ0v) is 10.9. The second-order valence-corrected chi connectivity index (χ2v) is 6.65. The molecule has 0 unspecified atom stereocenters. The summed E-state index contributed by atoms with van der Waals surface area (Å²) in [5.74, 6) is 0. The van der Waals surface area contributed by atoms with E-state index in [1.807, 2.05) is 12.1 Å². The SMILES string of the molecule is Cl[B-](Cl)(Cl)Cl.Clc1oc2ccccc2[o+]1. The smallest absolute Gasteiger partial charge is 0.332 e. The minimum Gasteiger partial charge on any atom is -0.332 e. The van der Waals surface area contributed by atoms with Gasteiger partial charge >= 0.3 is 20.4 Å². The number of fused-ring (bicyclic) bond motifs is 1. The highest BCUT2D eigenvalue weighted by atomic mass is 35.6. The van der Waals surface area contributed by atoms with Crippen molar-refractivity contribution in [2.45, 2.75) is 0 Å². The van der Waals surface area contributed by atoms with Gasteiger partial charge in [-0.25, -0.2) is 0 Å². The second-order valence-electron chi connectivity index (χ2n) is 2.38. The quantitative estimate of drug-likeness (QED) is 0.485. The largest absolute Gasteiger partial charge is 0.606 e. The predicted octanol–water partition coefficient (Wildman–Crippen LogP) is 5.34. The topological polar surface area (TPSA) is 24.4 Å². The number of hydrogen-bond donors (Lipinski definition) is 0. The van der Waals surface area contributed by atoms with Gasteiger partial charge in [0.1, 0.15) is 0 Å². The Kier molecular flexibility index (Phi) is 4.87. The first-order chi connectivity index (χ1) is 6.86. The summed E-state index contributed by atoms with van der Waals surface area (Å²) in [5, 5.41) is 0. The minimum absolute atomic E-state index is 0.0706. The molecule has 1 aromatic carbocycles. The monoisotopic (exact) mass is 306 g/mol. The van der Waals surface area contributed by atoms with Crippen molar-refractivity contribution in [1.82, 2.24) is 0 Å². The first-order valence-corrected chi connectivity index (χ1v) is 5.83. The van der Waals surface area contributed by atoms with Gasteiger partial charge in [0.15, 0.2) is 0 Å². The molecule has 0 fully saturated rings. The van der Waals surface area contributed by atoms with Gasteiger partial charge < -0.3 is 45.8 Å². The zero-order chi connectivity index (χ0) is 11.5. The molecule has 82 valence electrons. The van der Waals surface area contributed by atoms with E-state index >= 15 is 0 Å². The molecule has 0 bridgehead atoms. The lowest BCUT2D eigenvalue weighted by Gasteiger charge is -2.03. The van der Waals surface area contributed by atoms with Gasteiger partial charge in [0.2, 0.25) is 0 Å². The van der Waals surface area contributed by atoms with E-state index in [1.165, 1.54) is 0 Å². The summed E-state index contributed by atoms with van der Waals surface area (Å²) >= 11 is 25.0. The standard InChI is InChI=1S/C7H4ClO2.BCl4/c8-7-9-5-3-1-2-4-6(5)10-7;2-1(3,4)5/h1-4H;/q+1;-1. The van der Waals surface area contributed by atoms with Gasteiger partial charge in [0.05, 0.1) is 11.6 Å². The molecule has 0 atom stereocenters. The summed E-state index contributed by atoms with van der Waals surface area (Å²) in [6, 6.07) is 7.31. The highest BCUT2D eigenvalue weighted by molar-refractivity contribution is 7.81. The van der Waals surface area contributed by atoms with Crippen LogP contribution in [0.2, 0.25) is 5.42 Å². The molecule has 1 heterocycles. The molecule has 1 aromatic heterocycles. The summed E-state index contributed by atoms with van der Waals surface area (Å²) < 4.78 is 7.82. The van der Waals surface area contributed by atoms with Crippen molar-refractivity contribution >= 4 is 72.4 Å². The number of halogens is 5. The van der Waals surface area contributed by atoms with Crippen LogP contribution >= 0.6 is 57.4 Å². The van der Waals surface area contributed by atoms with Gasteiger partial charge in [0.25, 0.3) is 0 Å². The summed E-state index contributed by atoms with van der Waals surface area (Å²) in [7, 11) is 0. The van der Waals surface area contributed by atoms with Gasteiger partial charge in [-0.05, 0) is 0 Å². The van der Waals surface area contributed by atoms with Gasteiger partial charge in [-0.3, -0.25) is 8.83 Å². The lowest BCUT2D eigenvalue weighted by atomic mass is 10.3. The first kappa shape index (κ1) is 13.3. The average Bonchev–Trinajstić information content (AvgIpc) is 2.40. The van der Waals surface area contributed by atoms with Crippen LogP contribution in [0.4, 0.5) is 0 Å². The Labute approximate surface area is 111 Å². The number of para-hydroxylation sites is 2. The molecule has 2 rings (SSSR count). The van der Waals surface area contributed by atoms with Crippen LogP contribution in [-0.4, -0.2) is 3.81 Å². The van der Waals surface area contributed by atoms with Gasteiger partial charge in [-0.2, -0.15) is 0 Å². The van der Waals surface area contributed by atoms with Crippen molar-refractivity contribution < 1.29 is 8.83 Å². The highest BCUT2D eigenvalue weighted by Crippen LogP contribution is 2.23. The van der Waals surface area contributed by atoms with E-state index in [4.69, 9.17) is 66.3 Å². The van der Waals surface area contributed by atoms with E-state index in [1.54, 1.807) is 12.1 Å². The van der Waals surface area contributed by atoms with Crippen molar-refractivity contribution in [3.8, 4) is 0 Å². The third-order valence-electron chi connectivity index (χ3n) is 1.23. The zero-order valence-electron chi connectivity index (χ0n) is 7.09. The molecule has 8 heteroatoms. The lowest BCUT2D eigenvalue weighted by Crippen LogP contribution is -1.91. The molecule has 0 radical (unpaired) electrons. The molecule has 2 aromatic rings. The molecule has 0 saturated heterocycles. The Bertz CT molecular complexity index is 399. The highest BCUT2D eigenvalue weighted by Gasteiger charge is 2.14. The Balaban J connectivity index is 0.000000195. The molecule has 15 heavy (non-hydrogen) atoms. The average molecular weight is 308 g/mol. The molecule has 0 saturated carbocycles. The van der Waals surface area contributed by atoms with Crippen LogP contribution in [0.3, 0.4) is 0 Å². The summed E-state index contributed by atoms with van der Waals surface area (Å²) in [5.41, 5.74) is 1.42. The fourth-order valence-electron chi connectivity index (χ4n) is 0.813. The maximum atomic E-state index is 5.45. The normalized spacial score (nSPS) is 11.0. The molecular formula is C7H4BCl5O2. The molecule has 0 aliphatic heterocycles. The van der Waals surface area contributed by atoms with Crippen molar-refractivity contribution in [3.63, 3.8) is 0 Å². The van der Waals surface area contributed by atoms with Crippen LogP contribution in [0.5, 0.6) is 0 Å². The van der Waals surface area contributed by atoms with E-state index in [-0.39, 0.29) is 5.42 Å². The Morgan fingerprint density at radius 3 is 2.13 bits per heavy atom. The maximum absolute atomic E-state index is 5.45. The Hall–Kier alpha value is 0.205. The number of hydrogen-bond acceptors (Lipinski definition) is 1. The first-order valence-electron chi connectivity index (χ1n) is 3.71. The van der Waals surface area contributed by atoms with Crippen LogP contribution < -0.4 is 0 Å². The summed E-state index contributed by atoms with van der Waals surface area (Å²) in [6.07, 6.45) is 0. The third-order valence-corrected chi connectivity index (χ3v) is 1.38. The Morgan fingerprint density at radius 2 is 1.60 bits per heavy atom. The van der Waals surface area contributed by atoms with Crippen molar-refractivity contribution in [3.05, 3.63) is 29.7 Å². The van der Waals surface area contributed by atoms with Crippen LogP contribution in [0.15, 0.2) is 33.1 Å². The molecular weight excluding hydrogens is 304 g/mol. The Morgan fingerprint density at radius 1 is 1.07 bits per heavy atom. The van der Waals surface area contributed by atoms with Crippen molar-refractivity contribution in [2.75, 3.05) is 0 Å². The minimum atomic E-state index is -2.11. The van der Waals surface area contributed by atoms with Crippen LogP contribution in [0, 0.1) is 0 Å². The molecule has 0 aliphatic rings. The molecule has 0 aliphatic carbocycles. The van der Waals surface area contributed by atoms with E-state index in [0.29, 0.717) is 11.2 Å². The van der Waals surface area contributed by atoms with Crippen molar-refractivity contribution in [2.24, 2.45) is 0 Å². The van der Waals surface area contributed by atoms with E-state index in [0.717, 1.165) is 0 Å². The fourth-order valence-corrected chi connectivity index (χ4v) is 0.979. The van der Waals surface area contributed by atoms with E-state index < -0.39 is 3.81 Å². The van der Waals surface area contributed by atoms with Crippen LogP contribution in [0.25, 0.3) is 11.2 Å². The van der Waals surface area contributed by atoms with Gasteiger partial charge in [0, 0.05) is 12.1 Å². The molecule has 0 amide bonds. The molecule has 0 N–H and O–H groups in total. The molecule has 2 nitrogen and oxygen atoms in total. The van der Waals surface area contributed by atoms with Crippen LogP contribution in [-0.2, 0) is 0 Å². The lowest BCUT2D eigenvalue weighted by molar-refractivity contribution is 0.472. The van der Waals surface area contributed by atoms with Crippen molar-refractivity contribution in [1.29, 1.82) is 0 Å². The third kappa shape index (κ3) is 5.74. The summed E-state index contributed by atoms with van der Waals surface area (Å²) in [6.45, 7) is 0. The summed E-state index contributed by atoms with van der Waals surface area (Å²) in [4.78, 5) is 0. The van der Waals surface area contributed by atoms with E-state index in [9.17, 15) is 0 Å². The van der Waals surface area contributed by atoms with E-state index in [2.05, 4.69) is 0 Å².